The molecule has 0 aromatic heterocycles. The molecule has 0 bridgehead atoms. The number of hydrogen-bond donors (Lipinski definition) is 0. The largest absolute Gasteiger partial charge is 0.543 e. The van der Waals surface area contributed by atoms with Gasteiger partial charge in [0.25, 0.3) is 0 Å². The molecule has 0 radical (unpaired) electrons. The van der Waals surface area contributed by atoms with Gasteiger partial charge in [0.1, 0.15) is 0 Å². The highest BCUT2D eigenvalue weighted by atomic mass is 17.5. The normalized spacial score (nSPS) is 10.2. The number of rotatable bonds is 11. The molecule has 0 saturated heterocycles. The van der Waals surface area contributed by atoms with Gasteiger partial charge in [-0.3, -0.25) is 4.89 Å². The van der Waals surface area contributed by atoms with Crippen LogP contribution in [0.15, 0.2) is 24.3 Å². The molecule has 0 N–H and O–H groups in total. The van der Waals surface area contributed by atoms with Crippen molar-refractivity contribution in [1.82, 2.24) is 0 Å². The zero-order chi connectivity index (χ0) is 17.6. The third-order valence-corrected chi connectivity index (χ3v) is 3.53. The second kappa shape index (κ2) is 12.4. The van der Waals surface area contributed by atoms with Crippen molar-refractivity contribution in [3.8, 4) is 0 Å². The van der Waals surface area contributed by atoms with E-state index in [1.54, 1.807) is 12.1 Å². The predicted octanol–water partition coefficient (Wildman–Crippen LogP) is 4.77. The molecule has 0 spiro atoms. The number of unbranched alkanes of at least 4 members (excludes halogenated alkanes) is 5. The summed E-state index contributed by atoms with van der Waals surface area (Å²) < 4.78 is 4.79. The van der Waals surface area contributed by atoms with E-state index < -0.39 is 12.1 Å². The number of ether oxygens (including phenoxy) is 1. The molecule has 0 aliphatic heterocycles. The first-order valence-corrected chi connectivity index (χ1v) is 8.48. The van der Waals surface area contributed by atoms with Crippen LogP contribution in [-0.4, -0.2) is 18.7 Å². The molecule has 0 atom stereocenters. The quantitative estimate of drug-likeness (QED) is 0.250. The zero-order valence-electron chi connectivity index (χ0n) is 14.4. The summed E-state index contributed by atoms with van der Waals surface area (Å²) in [5.74, 6) is -0.749. The Morgan fingerprint density at radius 3 is 2.21 bits per heavy atom. The van der Waals surface area contributed by atoms with E-state index in [2.05, 4.69) is 21.7 Å². The minimum atomic E-state index is -1.03. The van der Waals surface area contributed by atoms with Gasteiger partial charge in [0.15, 0.2) is 0 Å². The molecule has 1 aromatic rings. The van der Waals surface area contributed by atoms with Crippen molar-refractivity contribution in [3.05, 3.63) is 35.4 Å². The lowest BCUT2D eigenvalue weighted by Crippen LogP contribution is -2.12. The molecule has 0 amide bonds. The van der Waals surface area contributed by atoms with Crippen LogP contribution in [0.2, 0.25) is 0 Å². The average molecular weight is 338 g/mol. The maximum absolute atomic E-state index is 11.6. The lowest BCUT2D eigenvalue weighted by atomic mass is 10.1. The summed E-state index contributed by atoms with van der Waals surface area (Å²) in [6.45, 7) is 4.42. The molecule has 0 aliphatic rings. The van der Waals surface area contributed by atoms with E-state index in [-0.39, 0.29) is 6.61 Å². The van der Waals surface area contributed by atoms with Crippen LogP contribution < -0.4 is 0 Å². The highest BCUT2D eigenvalue weighted by molar-refractivity contribution is 5.88. The third kappa shape index (κ3) is 8.53. The van der Waals surface area contributed by atoms with Crippen molar-refractivity contribution in [2.24, 2.45) is 0 Å². The number of aryl methyl sites for hydroxylation is 1. The monoisotopic (exact) mass is 338 g/mol. The molecule has 0 aliphatic carbocycles. The van der Waals surface area contributed by atoms with Crippen LogP contribution in [0.1, 0.15) is 68.3 Å². The highest BCUT2D eigenvalue weighted by Crippen LogP contribution is 2.07. The maximum Gasteiger partial charge on any atom is 0.543 e. The molecule has 0 heterocycles. The van der Waals surface area contributed by atoms with Crippen molar-refractivity contribution in [3.63, 3.8) is 0 Å². The van der Waals surface area contributed by atoms with E-state index in [0.717, 1.165) is 31.2 Å². The SMILES string of the molecule is CCCCCCCCOC(=O)OOOC(=O)c1ccc(CC)cc1. The number of carbonyl (C=O) groups is 2. The fourth-order valence-corrected chi connectivity index (χ4v) is 2.06. The molecule has 1 aromatic carbocycles. The Morgan fingerprint density at radius 1 is 0.875 bits per heavy atom. The Labute approximate surface area is 142 Å². The third-order valence-electron chi connectivity index (χ3n) is 3.53. The van der Waals surface area contributed by atoms with Gasteiger partial charge in [-0.05, 0) is 30.5 Å². The average Bonchev–Trinajstić information content (AvgIpc) is 2.61. The summed E-state index contributed by atoms with van der Waals surface area (Å²) >= 11 is 0. The molecule has 0 saturated carbocycles. The number of hydrogen-bond acceptors (Lipinski definition) is 6. The lowest BCUT2D eigenvalue weighted by Gasteiger charge is -2.04. The topological polar surface area (TPSA) is 71.1 Å². The Balaban J connectivity index is 2.08. The predicted molar refractivity (Wildman–Crippen MR) is 88.1 cm³/mol. The van der Waals surface area contributed by atoms with E-state index in [1.807, 2.05) is 19.1 Å². The molecule has 1 rings (SSSR count). The zero-order valence-corrected chi connectivity index (χ0v) is 14.4. The van der Waals surface area contributed by atoms with Gasteiger partial charge < -0.3 is 4.74 Å². The molecular formula is C18H26O6. The van der Waals surface area contributed by atoms with Gasteiger partial charge in [0, 0.05) is 0 Å². The van der Waals surface area contributed by atoms with Crippen molar-refractivity contribution in [2.45, 2.75) is 58.8 Å². The Bertz CT molecular complexity index is 483. The number of carbonyl (C=O) groups excluding carboxylic acids is 2. The van der Waals surface area contributed by atoms with Gasteiger partial charge in [-0.25, -0.2) is 14.5 Å². The van der Waals surface area contributed by atoms with Gasteiger partial charge in [0.2, 0.25) is 0 Å². The summed E-state index contributed by atoms with van der Waals surface area (Å²) in [4.78, 5) is 31.5. The molecular weight excluding hydrogens is 312 g/mol. The second-order valence-corrected chi connectivity index (χ2v) is 5.44. The van der Waals surface area contributed by atoms with E-state index in [4.69, 9.17) is 4.74 Å². The van der Waals surface area contributed by atoms with Crippen LogP contribution in [0, 0.1) is 0 Å². The van der Waals surface area contributed by atoms with Gasteiger partial charge in [0.05, 0.1) is 17.2 Å². The minimum Gasteiger partial charge on any atom is -0.432 e. The van der Waals surface area contributed by atoms with E-state index in [9.17, 15) is 9.59 Å². The summed E-state index contributed by atoms with van der Waals surface area (Å²) in [6, 6.07) is 6.85. The fraction of sp³-hybridized carbons (Fsp3) is 0.556. The highest BCUT2D eigenvalue weighted by Gasteiger charge is 2.11. The van der Waals surface area contributed by atoms with Gasteiger partial charge in [-0.1, -0.05) is 58.1 Å². The number of benzene rings is 1. The first-order valence-electron chi connectivity index (χ1n) is 8.48. The van der Waals surface area contributed by atoms with Crippen molar-refractivity contribution in [2.75, 3.05) is 6.61 Å². The van der Waals surface area contributed by atoms with Crippen LogP contribution in [-0.2, 0) is 26.0 Å². The summed E-state index contributed by atoms with van der Waals surface area (Å²) in [6.07, 6.45) is 6.35. The Kier molecular flexibility index (Phi) is 10.3. The minimum absolute atomic E-state index is 0.251. The molecule has 6 heteroatoms. The first-order chi connectivity index (χ1) is 11.7. The van der Waals surface area contributed by atoms with Crippen molar-refractivity contribution >= 4 is 12.1 Å². The van der Waals surface area contributed by atoms with Crippen LogP contribution in [0.4, 0.5) is 4.79 Å². The smallest absolute Gasteiger partial charge is 0.432 e. The molecule has 0 fully saturated rings. The molecule has 0 unspecified atom stereocenters. The van der Waals surface area contributed by atoms with E-state index in [1.165, 1.54) is 19.3 Å². The lowest BCUT2D eigenvalue weighted by molar-refractivity contribution is -0.452. The first kappa shape index (κ1) is 20.0. The van der Waals surface area contributed by atoms with Crippen LogP contribution in [0.3, 0.4) is 0 Å². The van der Waals surface area contributed by atoms with Crippen LogP contribution in [0.5, 0.6) is 0 Å². The van der Waals surface area contributed by atoms with Crippen LogP contribution in [0.25, 0.3) is 0 Å². The molecule has 24 heavy (non-hydrogen) atoms. The summed E-state index contributed by atoms with van der Waals surface area (Å²) in [5, 5.41) is 4.15. The van der Waals surface area contributed by atoms with Crippen LogP contribution >= 0.6 is 0 Å². The van der Waals surface area contributed by atoms with Gasteiger partial charge in [-0.2, -0.15) is 0 Å². The summed E-state index contributed by atoms with van der Waals surface area (Å²) in [5.41, 5.74) is 1.40. The van der Waals surface area contributed by atoms with Crippen molar-refractivity contribution < 1.29 is 29.1 Å². The Morgan fingerprint density at radius 2 is 1.54 bits per heavy atom. The van der Waals surface area contributed by atoms with Crippen molar-refractivity contribution in [1.29, 1.82) is 0 Å². The molecule has 6 nitrogen and oxygen atoms in total. The maximum atomic E-state index is 11.6. The molecule has 134 valence electrons. The van der Waals surface area contributed by atoms with Gasteiger partial charge in [-0.15, -0.1) is 0 Å². The fourth-order valence-electron chi connectivity index (χ4n) is 2.06. The second-order valence-electron chi connectivity index (χ2n) is 5.44. The van der Waals surface area contributed by atoms with E-state index >= 15 is 0 Å². The van der Waals surface area contributed by atoms with E-state index in [0.29, 0.717) is 5.56 Å². The van der Waals surface area contributed by atoms with Gasteiger partial charge >= 0.3 is 12.1 Å². The standard InChI is InChI=1S/C18H26O6/c1-3-5-6-7-8-9-14-21-18(20)23-24-22-17(19)16-12-10-15(4-2)11-13-16/h10-13H,3-9,14H2,1-2H3. The summed E-state index contributed by atoms with van der Waals surface area (Å²) in [7, 11) is 0. The Hall–Kier alpha value is -2.08.